The fourth-order valence-electron chi connectivity index (χ4n) is 2.27. The first-order chi connectivity index (χ1) is 9.34. The summed E-state index contributed by atoms with van der Waals surface area (Å²) in [6.07, 6.45) is -4.11. The van der Waals surface area contributed by atoms with Gasteiger partial charge in [-0.05, 0) is 25.6 Å². The van der Waals surface area contributed by atoms with Gasteiger partial charge in [0.25, 0.3) is 5.91 Å². The molecule has 0 aromatic heterocycles. The molecule has 1 amide bonds. The predicted molar refractivity (Wildman–Crippen MR) is 72.0 cm³/mol. The number of alkyl halides is 3. The van der Waals surface area contributed by atoms with Crippen molar-refractivity contribution < 1.29 is 22.4 Å². The Balaban J connectivity index is 0.00000220. The highest BCUT2D eigenvalue weighted by Gasteiger charge is 2.37. The van der Waals surface area contributed by atoms with E-state index in [1.54, 1.807) is 7.05 Å². The number of likely N-dealkylation sites (tertiary alicyclic amines) is 1. The van der Waals surface area contributed by atoms with Crippen molar-refractivity contribution in [1.82, 2.24) is 10.2 Å². The Hall–Kier alpha value is -1.34. The molecule has 1 unspecified atom stereocenters. The minimum atomic E-state index is -4.81. The number of rotatable bonds is 2. The lowest BCUT2D eigenvalue weighted by atomic mass is 10.1. The summed E-state index contributed by atoms with van der Waals surface area (Å²) in [6, 6.07) is 2.85. The van der Waals surface area contributed by atoms with Crippen molar-refractivity contribution in [1.29, 1.82) is 0 Å². The molecule has 0 saturated carbocycles. The van der Waals surface area contributed by atoms with Crippen LogP contribution >= 0.6 is 12.4 Å². The Bertz CT molecular complexity index is 521. The molecule has 0 aliphatic carbocycles. The summed E-state index contributed by atoms with van der Waals surface area (Å²) in [4.78, 5) is 13.5. The van der Waals surface area contributed by atoms with Gasteiger partial charge in [0.2, 0.25) is 0 Å². The van der Waals surface area contributed by atoms with Crippen LogP contribution in [0.1, 0.15) is 22.3 Å². The average molecular weight is 327 g/mol. The van der Waals surface area contributed by atoms with Gasteiger partial charge in [-0.3, -0.25) is 4.79 Å². The Morgan fingerprint density at radius 1 is 1.38 bits per heavy atom. The second kappa shape index (κ2) is 6.62. The molecule has 1 aromatic carbocycles. The first-order valence-electron chi connectivity index (χ1n) is 6.17. The van der Waals surface area contributed by atoms with Gasteiger partial charge >= 0.3 is 6.18 Å². The van der Waals surface area contributed by atoms with Crippen LogP contribution in [0.2, 0.25) is 0 Å². The monoisotopic (exact) mass is 326 g/mol. The third kappa shape index (κ3) is 3.65. The number of hydrogen-bond donors (Lipinski definition) is 1. The Morgan fingerprint density at radius 3 is 2.57 bits per heavy atom. The van der Waals surface area contributed by atoms with Gasteiger partial charge in [0.1, 0.15) is 5.82 Å². The van der Waals surface area contributed by atoms with Crippen molar-refractivity contribution in [2.75, 3.05) is 20.1 Å². The first-order valence-corrected chi connectivity index (χ1v) is 6.17. The summed E-state index contributed by atoms with van der Waals surface area (Å²) >= 11 is 0. The van der Waals surface area contributed by atoms with E-state index >= 15 is 0 Å². The number of likely N-dealkylation sites (N-methyl/N-ethyl adjacent to an activating group) is 1. The topological polar surface area (TPSA) is 32.3 Å². The van der Waals surface area contributed by atoms with Crippen LogP contribution in [0.5, 0.6) is 0 Å². The van der Waals surface area contributed by atoms with E-state index < -0.39 is 29.0 Å². The standard InChI is InChI=1S/C13H14F4N2O.ClH/c1-18-8-5-6-19(7-8)12(20)9-3-2-4-10(11(9)14)13(15,16)17;/h2-4,8,18H,5-7H2,1H3;1H. The van der Waals surface area contributed by atoms with E-state index in [1.807, 2.05) is 0 Å². The van der Waals surface area contributed by atoms with Crippen LogP contribution in [-0.4, -0.2) is 37.0 Å². The third-order valence-corrected chi connectivity index (χ3v) is 3.42. The number of nitrogens with zero attached hydrogens (tertiary/aromatic N) is 1. The van der Waals surface area contributed by atoms with E-state index in [2.05, 4.69) is 5.32 Å². The van der Waals surface area contributed by atoms with Crippen molar-refractivity contribution in [2.24, 2.45) is 0 Å². The van der Waals surface area contributed by atoms with Crippen molar-refractivity contribution in [2.45, 2.75) is 18.6 Å². The van der Waals surface area contributed by atoms with Crippen molar-refractivity contribution in [3.05, 3.63) is 35.1 Å². The lowest BCUT2D eigenvalue weighted by Gasteiger charge is -2.18. The molecule has 0 spiro atoms. The van der Waals surface area contributed by atoms with Gasteiger partial charge in [0.15, 0.2) is 0 Å². The van der Waals surface area contributed by atoms with Gasteiger partial charge < -0.3 is 10.2 Å². The highest BCUT2D eigenvalue weighted by Crippen LogP contribution is 2.32. The van der Waals surface area contributed by atoms with Gasteiger partial charge in [0.05, 0.1) is 11.1 Å². The molecular formula is C13H15ClF4N2O. The second-order valence-corrected chi connectivity index (χ2v) is 4.69. The third-order valence-electron chi connectivity index (χ3n) is 3.42. The number of carbonyl (C=O) groups is 1. The van der Waals surface area contributed by atoms with E-state index in [4.69, 9.17) is 0 Å². The molecule has 1 heterocycles. The molecule has 1 aliphatic rings. The second-order valence-electron chi connectivity index (χ2n) is 4.69. The molecule has 0 radical (unpaired) electrons. The molecule has 21 heavy (non-hydrogen) atoms. The Kier molecular flexibility index (Phi) is 5.58. The number of hydrogen-bond acceptors (Lipinski definition) is 2. The van der Waals surface area contributed by atoms with Gasteiger partial charge in [0, 0.05) is 19.1 Å². The molecule has 2 rings (SSSR count). The summed E-state index contributed by atoms with van der Waals surface area (Å²) in [7, 11) is 1.74. The normalized spacial score (nSPS) is 18.5. The first kappa shape index (κ1) is 17.7. The van der Waals surface area contributed by atoms with Crippen LogP contribution in [0.4, 0.5) is 17.6 Å². The van der Waals surface area contributed by atoms with E-state index in [0.29, 0.717) is 25.6 Å². The molecule has 3 nitrogen and oxygen atoms in total. The van der Waals surface area contributed by atoms with E-state index in [-0.39, 0.29) is 18.4 Å². The Labute approximate surface area is 125 Å². The van der Waals surface area contributed by atoms with Crippen molar-refractivity contribution in [3.63, 3.8) is 0 Å². The maximum Gasteiger partial charge on any atom is 0.419 e. The van der Waals surface area contributed by atoms with Gasteiger partial charge in [-0.15, -0.1) is 12.4 Å². The molecule has 118 valence electrons. The molecule has 1 N–H and O–H groups in total. The average Bonchev–Trinajstić information content (AvgIpc) is 2.85. The van der Waals surface area contributed by atoms with Crippen molar-refractivity contribution in [3.8, 4) is 0 Å². The maximum absolute atomic E-state index is 13.9. The summed E-state index contributed by atoms with van der Waals surface area (Å²) in [5.41, 5.74) is -1.94. The fourth-order valence-corrected chi connectivity index (χ4v) is 2.27. The molecule has 0 bridgehead atoms. The largest absolute Gasteiger partial charge is 0.419 e. The van der Waals surface area contributed by atoms with Crippen molar-refractivity contribution >= 4 is 18.3 Å². The molecule has 1 fully saturated rings. The smallest absolute Gasteiger partial charge is 0.337 e. The summed E-state index contributed by atoms with van der Waals surface area (Å²) < 4.78 is 51.7. The van der Waals surface area contributed by atoms with Crippen LogP contribution < -0.4 is 5.32 Å². The highest BCUT2D eigenvalue weighted by molar-refractivity contribution is 5.95. The molecule has 1 saturated heterocycles. The lowest BCUT2D eigenvalue weighted by Crippen LogP contribution is -2.34. The van der Waals surface area contributed by atoms with Crippen LogP contribution in [-0.2, 0) is 6.18 Å². The van der Waals surface area contributed by atoms with Crippen LogP contribution in [0.25, 0.3) is 0 Å². The van der Waals surface area contributed by atoms with Gasteiger partial charge in [-0.2, -0.15) is 13.2 Å². The highest BCUT2D eigenvalue weighted by atomic mass is 35.5. The number of carbonyl (C=O) groups excluding carboxylic acids is 1. The zero-order valence-electron chi connectivity index (χ0n) is 11.2. The zero-order valence-corrected chi connectivity index (χ0v) is 12.0. The van der Waals surface area contributed by atoms with E-state index in [9.17, 15) is 22.4 Å². The SMILES string of the molecule is CNC1CCN(C(=O)c2cccc(C(F)(F)F)c2F)C1.Cl. The molecule has 8 heteroatoms. The van der Waals surface area contributed by atoms with E-state index in [1.165, 1.54) is 4.90 Å². The summed E-state index contributed by atoms with van der Waals surface area (Å²) in [5, 5.41) is 2.98. The summed E-state index contributed by atoms with van der Waals surface area (Å²) in [5.74, 6) is -2.20. The number of amides is 1. The fraction of sp³-hybridized carbons (Fsp3) is 0.462. The molecule has 1 aliphatic heterocycles. The zero-order chi connectivity index (χ0) is 14.9. The van der Waals surface area contributed by atoms with Gasteiger partial charge in [-0.25, -0.2) is 4.39 Å². The van der Waals surface area contributed by atoms with Crippen LogP contribution in [0, 0.1) is 5.82 Å². The maximum atomic E-state index is 13.9. The summed E-state index contributed by atoms with van der Waals surface area (Å²) in [6.45, 7) is 0.769. The molecule has 1 aromatic rings. The Morgan fingerprint density at radius 2 is 2.05 bits per heavy atom. The molecular weight excluding hydrogens is 312 g/mol. The minimum absolute atomic E-state index is 0. The number of nitrogens with one attached hydrogen (secondary N) is 1. The quantitative estimate of drug-likeness (QED) is 0.848. The van der Waals surface area contributed by atoms with Crippen LogP contribution in [0.3, 0.4) is 0 Å². The predicted octanol–water partition coefficient (Wildman–Crippen LogP) is 2.70. The molecule has 1 atom stereocenters. The van der Waals surface area contributed by atoms with Gasteiger partial charge in [-0.1, -0.05) is 6.07 Å². The number of halogens is 5. The van der Waals surface area contributed by atoms with E-state index in [0.717, 1.165) is 12.1 Å². The minimum Gasteiger partial charge on any atom is -0.337 e. The lowest BCUT2D eigenvalue weighted by molar-refractivity contribution is -0.140. The number of benzene rings is 1. The van der Waals surface area contributed by atoms with Crippen LogP contribution in [0.15, 0.2) is 18.2 Å².